The molecule has 0 bridgehead atoms. The third-order valence-corrected chi connectivity index (χ3v) is 11.2. The summed E-state index contributed by atoms with van der Waals surface area (Å²) in [6.07, 6.45) is 10.3. The van der Waals surface area contributed by atoms with E-state index in [0.717, 1.165) is 62.8 Å². The van der Waals surface area contributed by atoms with E-state index in [4.69, 9.17) is 32.9 Å². The van der Waals surface area contributed by atoms with Gasteiger partial charge in [-0.05, 0) is 83.6 Å². The molecule has 0 unspecified atom stereocenters. The first-order valence-electron chi connectivity index (χ1n) is 16.5. The second kappa shape index (κ2) is 14.3. The van der Waals surface area contributed by atoms with Crippen molar-refractivity contribution < 1.29 is 17.9 Å². The first-order chi connectivity index (χ1) is 23.7. The van der Waals surface area contributed by atoms with E-state index in [1.165, 1.54) is 32.1 Å². The van der Waals surface area contributed by atoms with Gasteiger partial charge in [0.05, 0.1) is 23.0 Å². The number of aromatic nitrogens is 2. The van der Waals surface area contributed by atoms with Crippen molar-refractivity contribution in [3.63, 3.8) is 0 Å². The van der Waals surface area contributed by atoms with Crippen LogP contribution in [-0.2, 0) is 21.4 Å². The van der Waals surface area contributed by atoms with Crippen LogP contribution in [-0.4, -0.2) is 37.0 Å². The van der Waals surface area contributed by atoms with Gasteiger partial charge in [-0.2, -0.15) is 8.42 Å². The topological polar surface area (TPSA) is 93.5 Å². The predicted molar refractivity (Wildman–Crippen MR) is 195 cm³/mol. The number of rotatable bonds is 10. The summed E-state index contributed by atoms with van der Waals surface area (Å²) in [4.78, 5) is 16.8. The molecule has 1 aliphatic carbocycles. The van der Waals surface area contributed by atoms with Crippen LogP contribution in [0.25, 0.3) is 28.1 Å². The van der Waals surface area contributed by atoms with Crippen LogP contribution < -0.4 is 13.8 Å². The van der Waals surface area contributed by atoms with Crippen LogP contribution in [0.5, 0.6) is 5.75 Å². The van der Waals surface area contributed by atoms with Crippen molar-refractivity contribution in [2.24, 2.45) is 5.92 Å². The van der Waals surface area contributed by atoms with Gasteiger partial charge in [0, 0.05) is 28.9 Å². The minimum Gasteiger partial charge on any atom is -0.494 e. The number of hydrogen-bond acceptors (Lipinski definition) is 5. The van der Waals surface area contributed by atoms with Crippen LogP contribution in [0.4, 0.5) is 5.69 Å². The Morgan fingerprint density at radius 1 is 0.857 bits per heavy atom. The summed E-state index contributed by atoms with van der Waals surface area (Å²) < 4.78 is 35.9. The van der Waals surface area contributed by atoms with E-state index in [1.54, 1.807) is 36.4 Å². The molecule has 11 heteroatoms. The highest BCUT2D eigenvalue weighted by molar-refractivity contribution is 7.92. The van der Waals surface area contributed by atoms with Crippen molar-refractivity contribution in [1.82, 2.24) is 14.3 Å². The fourth-order valence-electron chi connectivity index (χ4n) is 6.63. The third-order valence-electron chi connectivity index (χ3n) is 9.23. The molecule has 1 amide bonds. The van der Waals surface area contributed by atoms with Crippen molar-refractivity contribution in [3.8, 4) is 33.8 Å². The van der Waals surface area contributed by atoms with E-state index in [1.807, 2.05) is 33.7 Å². The van der Waals surface area contributed by atoms with Crippen LogP contribution in [0, 0.1) is 5.92 Å². The summed E-state index contributed by atoms with van der Waals surface area (Å²) in [5, 5.41) is 1.02. The molecule has 49 heavy (non-hydrogen) atoms. The summed E-state index contributed by atoms with van der Waals surface area (Å²) in [5.74, 6) is 1.88. The number of nitrogens with one attached hydrogen (secondary N) is 1. The number of carbonyl (C=O) groups is 1. The number of hydrogen-bond donors (Lipinski definition) is 1. The number of amides is 1. The van der Waals surface area contributed by atoms with Crippen molar-refractivity contribution in [3.05, 3.63) is 119 Å². The maximum absolute atomic E-state index is 12.4. The fraction of sp³-hybridized carbons (Fsp3) is 0.263. The molecule has 1 saturated heterocycles. The highest BCUT2D eigenvalue weighted by Gasteiger charge is 2.34. The van der Waals surface area contributed by atoms with Gasteiger partial charge in [-0.15, -0.1) is 0 Å². The van der Waals surface area contributed by atoms with E-state index in [9.17, 15) is 13.2 Å². The Balaban J connectivity index is 1.12. The summed E-state index contributed by atoms with van der Waals surface area (Å²) in [6, 6.07) is 29.0. The van der Waals surface area contributed by atoms with Crippen LogP contribution in [0.1, 0.15) is 49.9 Å². The van der Waals surface area contributed by atoms with E-state index >= 15 is 0 Å². The molecule has 0 radical (unpaired) electrons. The number of halogens is 2. The Morgan fingerprint density at radius 3 is 2.33 bits per heavy atom. The number of imidazole rings is 1. The first-order valence-corrected chi connectivity index (χ1v) is 18.7. The zero-order valence-electron chi connectivity index (χ0n) is 26.8. The summed E-state index contributed by atoms with van der Waals surface area (Å²) >= 11 is 12.7. The lowest BCUT2D eigenvalue weighted by atomic mass is 9.87. The number of anilines is 1. The quantitative estimate of drug-likeness (QED) is 0.156. The van der Waals surface area contributed by atoms with Gasteiger partial charge in [0.1, 0.15) is 18.1 Å². The van der Waals surface area contributed by atoms with E-state index in [2.05, 4.69) is 36.4 Å². The molecule has 7 rings (SSSR count). The Kier molecular flexibility index (Phi) is 9.67. The van der Waals surface area contributed by atoms with Gasteiger partial charge >= 0.3 is 10.2 Å². The second-order valence-electron chi connectivity index (χ2n) is 12.6. The number of ether oxygens (including phenoxy) is 1. The molecule has 2 heterocycles. The van der Waals surface area contributed by atoms with Crippen molar-refractivity contribution in [2.45, 2.75) is 44.9 Å². The van der Waals surface area contributed by atoms with Gasteiger partial charge in [0.2, 0.25) is 0 Å². The van der Waals surface area contributed by atoms with Gasteiger partial charge < -0.3 is 9.30 Å². The molecular weight excluding hydrogens is 679 g/mol. The summed E-state index contributed by atoms with van der Waals surface area (Å²) in [7, 11) is -3.91. The van der Waals surface area contributed by atoms with E-state index in [-0.39, 0.29) is 6.54 Å². The lowest BCUT2D eigenvalue weighted by Crippen LogP contribution is -2.29. The maximum Gasteiger partial charge on any atom is 0.326 e. The van der Waals surface area contributed by atoms with Crippen molar-refractivity contribution >= 4 is 45.0 Å². The van der Waals surface area contributed by atoms with Gasteiger partial charge in [-0.25, -0.2) is 14.0 Å². The standard InChI is InChI=1S/C38H36Cl2N4O4S/c39-30-13-18-34(35(40)23-30)36-24-43(31-14-16-32(17-15-31)44-25-38(45)42-49(44,46)47)37(41-36)21-27-9-11-28(12-10-27)29-7-4-8-33(22-29)48-20-19-26-5-2-1-3-6-26/h4,7-18,22-24,26H,1-3,5-6,19-21,25H2,(H,42,45). The molecule has 1 saturated carbocycles. The molecule has 5 aromatic rings. The Labute approximate surface area is 296 Å². The van der Waals surface area contributed by atoms with Gasteiger partial charge in [-0.3, -0.25) is 4.79 Å². The van der Waals surface area contributed by atoms with E-state index < -0.39 is 16.1 Å². The average Bonchev–Trinajstić information content (AvgIpc) is 3.64. The Bertz CT molecular complexity index is 2080. The smallest absolute Gasteiger partial charge is 0.326 e. The lowest BCUT2D eigenvalue weighted by molar-refractivity contribution is -0.117. The first kappa shape index (κ1) is 33.2. The molecule has 2 fully saturated rings. The number of benzene rings is 4. The molecule has 1 N–H and O–H groups in total. The van der Waals surface area contributed by atoms with Crippen molar-refractivity contribution in [2.75, 3.05) is 17.5 Å². The van der Waals surface area contributed by atoms with Crippen LogP contribution in [0.15, 0.2) is 97.2 Å². The van der Waals surface area contributed by atoms with Gasteiger partial charge in [0.25, 0.3) is 5.91 Å². The zero-order chi connectivity index (χ0) is 34.0. The molecule has 0 spiro atoms. The maximum atomic E-state index is 12.4. The SMILES string of the molecule is O=C1CN(c2ccc(-n3cc(-c4ccc(Cl)cc4Cl)nc3Cc3ccc(-c4cccc(OCCC5CCCCC5)c4)cc3)cc2)S(=O)(=O)N1. The molecule has 1 aromatic heterocycles. The highest BCUT2D eigenvalue weighted by atomic mass is 35.5. The van der Waals surface area contributed by atoms with E-state index in [0.29, 0.717) is 27.8 Å². The Morgan fingerprint density at radius 2 is 1.61 bits per heavy atom. The zero-order valence-corrected chi connectivity index (χ0v) is 29.1. The largest absolute Gasteiger partial charge is 0.494 e. The predicted octanol–water partition coefficient (Wildman–Crippen LogP) is 8.63. The van der Waals surface area contributed by atoms with Crippen LogP contribution in [0.3, 0.4) is 0 Å². The summed E-state index contributed by atoms with van der Waals surface area (Å²) in [5.41, 5.74) is 5.84. The average molecular weight is 716 g/mol. The highest BCUT2D eigenvalue weighted by Crippen LogP contribution is 2.33. The molecule has 4 aromatic carbocycles. The minimum absolute atomic E-state index is 0.259. The molecular formula is C38H36Cl2N4O4S. The third kappa shape index (κ3) is 7.64. The summed E-state index contributed by atoms with van der Waals surface area (Å²) in [6.45, 7) is 0.491. The molecule has 0 atom stereocenters. The number of carbonyl (C=O) groups excluding carboxylic acids is 1. The normalized spacial score (nSPS) is 16.1. The van der Waals surface area contributed by atoms with Crippen molar-refractivity contribution in [1.29, 1.82) is 0 Å². The second-order valence-corrected chi connectivity index (χ2v) is 15.1. The van der Waals surface area contributed by atoms with Crippen LogP contribution >= 0.6 is 23.2 Å². The minimum atomic E-state index is -3.91. The Hall–Kier alpha value is -4.31. The molecule has 8 nitrogen and oxygen atoms in total. The van der Waals surface area contributed by atoms with Crippen LogP contribution in [0.2, 0.25) is 10.0 Å². The van der Waals surface area contributed by atoms with Gasteiger partial charge in [0.15, 0.2) is 0 Å². The molecule has 2 aliphatic rings. The number of nitrogens with zero attached hydrogens (tertiary/aromatic N) is 3. The lowest BCUT2D eigenvalue weighted by Gasteiger charge is -2.21. The monoisotopic (exact) mass is 714 g/mol. The molecule has 1 aliphatic heterocycles. The fourth-order valence-corrected chi connectivity index (χ4v) is 8.29. The van der Waals surface area contributed by atoms with Gasteiger partial charge in [-0.1, -0.05) is 91.7 Å². The molecule has 252 valence electrons.